The molecule has 10 heavy (non-hydrogen) atoms. The third-order valence-corrected chi connectivity index (χ3v) is 0.365. The van der Waals surface area contributed by atoms with Gasteiger partial charge in [-0.15, -0.1) is 0 Å². The van der Waals surface area contributed by atoms with Gasteiger partial charge in [0.05, 0.1) is 0 Å². The largest absolute Gasteiger partial charge is 0.466 e. The molecule has 0 atom stereocenters. The maximum atomic E-state index is 8.88. The second kappa shape index (κ2) is 5.79. The lowest BCUT2D eigenvalue weighted by molar-refractivity contribution is -0.0413. The van der Waals surface area contributed by atoms with Crippen LogP contribution in [0, 0.1) is 0 Å². The summed E-state index contributed by atoms with van der Waals surface area (Å²) in [5.74, 6) is 0. The number of hydrogen-bond acceptors (Lipinski definition) is 3. The third-order valence-electron chi connectivity index (χ3n) is 0.365. The normalized spacial score (nSPS) is 10.7. The second-order valence-electron chi connectivity index (χ2n) is 1.40. The lowest BCUT2D eigenvalue weighted by Gasteiger charge is -1.90. The summed E-state index contributed by atoms with van der Waals surface area (Å²) < 4.78 is 8.88. The summed E-state index contributed by atoms with van der Waals surface area (Å²) >= 11 is 0. The average Bonchev–Trinajstić information content (AvgIpc) is 1.61. The van der Waals surface area contributed by atoms with Crippen molar-refractivity contribution >= 4 is 7.82 Å². The third kappa shape index (κ3) is 96.3. The van der Waals surface area contributed by atoms with E-state index in [9.17, 15) is 0 Å². The molecule has 0 saturated carbocycles. The summed E-state index contributed by atoms with van der Waals surface area (Å²) in [6, 6.07) is 0. The highest BCUT2D eigenvalue weighted by Crippen LogP contribution is 2.25. The van der Waals surface area contributed by atoms with Crippen molar-refractivity contribution in [2.45, 2.75) is 19.6 Å². The minimum Gasteiger partial charge on any atom is -0.368 e. The van der Waals surface area contributed by atoms with Crippen LogP contribution in [0.2, 0.25) is 0 Å². The first-order valence-corrected chi connectivity index (χ1v) is 3.98. The van der Waals surface area contributed by atoms with Gasteiger partial charge in [-0.2, -0.15) is 0 Å². The summed E-state index contributed by atoms with van der Waals surface area (Å²) in [6.45, 7) is 1.70. The van der Waals surface area contributed by atoms with Crippen LogP contribution in [0.3, 0.4) is 0 Å². The molecule has 0 rings (SSSR count). The molecule has 0 heterocycles. The van der Waals surface area contributed by atoms with Crippen molar-refractivity contribution in [1.82, 2.24) is 0 Å². The van der Waals surface area contributed by atoms with Crippen molar-refractivity contribution in [3.05, 3.63) is 0 Å². The molecule has 64 valence electrons. The summed E-state index contributed by atoms with van der Waals surface area (Å²) in [4.78, 5) is 21.6. The Morgan fingerprint density at radius 3 is 1.40 bits per heavy atom. The molecule has 0 radical (unpaired) electrons. The van der Waals surface area contributed by atoms with Crippen LogP contribution in [0.15, 0.2) is 0 Å². The fourth-order valence-corrected chi connectivity index (χ4v) is 0. The van der Waals surface area contributed by atoms with Gasteiger partial charge in [0.25, 0.3) is 0 Å². The van der Waals surface area contributed by atoms with E-state index in [1.54, 1.807) is 6.92 Å². The van der Waals surface area contributed by atoms with Crippen molar-refractivity contribution in [3.63, 3.8) is 0 Å². The monoisotopic (exact) mass is 174 g/mol. The van der Waals surface area contributed by atoms with Crippen LogP contribution in [0.25, 0.3) is 0 Å². The number of aliphatic hydroxyl groups is 2. The van der Waals surface area contributed by atoms with Gasteiger partial charge in [-0.05, 0) is 6.42 Å². The number of hydrogen-bond donors (Lipinski definition) is 5. The molecule has 5 N–H and O–H groups in total. The van der Waals surface area contributed by atoms with Crippen LogP contribution in [0.4, 0.5) is 0 Å². The van der Waals surface area contributed by atoms with Crippen molar-refractivity contribution in [3.8, 4) is 0 Å². The molecule has 0 aliphatic carbocycles. The Bertz CT molecular complexity index is 97.3. The van der Waals surface area contributed by atoms with E-state index in [4.69, 9.17) is 29.5 Å². The number of aliphatic hydroxyl groups excluding tert-OH is 1. The molecule has 0 aromatic rings. The van der Waals surface area contributed by atoms with Crippen LogP contribution in [0.5, 0.6) is 0 Å². The average molecular weight is 174 g/mol. The van der Waals surface area contributed by atoms with Crippen molar-refractivity contribution in [2.24, 2.45) is 0 Å². The van der Waals surface area contributed by atoms with Crippen LogP contribution in [-0.2, 0) is 4.57 Å². The predicted molar refractivity (Wildman–Crippen MR) is 32.8 cm³/mol. The van der Waals surface area contributed by atoms with Gasteiger partial charge in [0.15, 0.2) is 6.29 Å². The maximum absolute atomic E-state index is 8.88. The van der Waals surface area contributed by atoms with Crippen molar-refractivity contribution in [2.75, 3.05) is 0 Å². The molecule has 0 aromatic carbocycles. The minimum absolute atomic E-state index is 0.417. The molecule has 0 aliphatic heterocycles. The summed E-state index contributed by atoms with van der Waals surface area (Å²) in [7, 11) is -4.64. The molecule has 0 aliphatic rings. The summed E-state index contributed by atoms with van der Waals surface area (Å²) in [5, 5.41) is 15.8. The van der Waals surface area contributed by atoms with Crippen molar-refractivity contribution < 1.29 is 29.5 Å². The molecule has 0 spiro atoms. The lowest BCUT2D eigenvalue weighted by Crippen LogP contribution is -1.99. The Hall–Kier alpha value is 0.0300. The minimum atomic E-state index is -4.64. The zero-order valence-electron chi connectivity index (χ0n) is 5.38. The molecular formula is C3H11O6P. The molecule has 0 amide bonds. The first-order valence-electron chi connectivity index (χ1n) is 2.41. The molecule has 0 unspecified atom stereocenters. The summed E-state index contributed by atoms with van der Waals surface area (Å²) in [5.41, 5.74) is 0. The highest BCUT2D eigenvalue weighted by molar-refractivity contribution is 7.45. The van der Waals surface area contributed by atoms with Crippen molar-refractivity contribution in [1.29, 1.82) is 0 Å². The highest BCUT2D eigenvalue weighted by Gasteiger charge is 2.00. The van der Waals surface area contributed by atoms with E-state index in [2.05, 4.69) is 0 Å². The zero-order valence-corrected chi connectivity index (χ0v) is 6.27. The first-order chi connectivity index (χ1) is 4.27. The van der Waals surface area contributed by atoms with E-state index in [0.717, 1.165) is 0 Å². The predicted octanol–water partition coefficient (Wildman–Crippen LogP) is -1.22. The van der Waals surface area contributed by atoms with E-state index in [1.807, 2.05) is 0 Å². The lowest BCUT2D eigenvalue weighted by atomic mass is 10.5. The molecule has 0 bridgehead atoms. The van der Waals surface area contributed by atoms with Gasteiger partial charge >= 0.3 is 7.82 Å². The fraction of sp³-hybridized carbons (Fsp3) is 1.00. The Labute approximate surface area is 58.0 Å². The first kappa shape index (κ1) is 12.7. The Kier molecular flexibility index (Phi) is 7.34. The van der Waals surface area contributed by atoms with Crippen LogP contribution < -0.4 is 0 Å². The smallest absolute Gasteiger partial charge is 0.368 e. The Morgan fingerprint density at radius 1 is 1.30 bits per heavy atom. The van der Waals surface area contributed by atoms with Gasteiger partial charge in [0, 0.05) is 0 Å². The fourth-order valence-electron chi connectivity index (χ4n) is 0. The van der Waals surface area contributed by atoms with Crippen LogP contribution in [0.1, 0.15) is 13.3 Å². The topological polar surface area (TPSA) is 118 Å². The molecule has 0 fully saturated rings. The zero-order chi connectivity index (χ0) is 8.78. The SMILES string of the molecule is CCC(O)O.O=P(O)(O)O. The maximum Gasteiger partial charge on any atom is 0.466 e. The van der Waals surface area contributed by atoms with E-state index < -0.39 is 14.1 Å². The van der Waals surface area contributed by atoms with Gasteiger partial charge in [0.2, 0.25) is 0 Å². The Balaban J connectivity index is 0. The second-order valence-corrected chi connectivity index (χ2v) is 2.43. The van der Waals surface area contributed by atoms with Gasteiger partial charge in [-0.1, -0.05) is 6.92 Å². The molecular weight excluding hydrogens is 163 g/mol. The van der Waals surface area contributed by atoms with E-state index >= 15 is 0 Å². The van der Waals surface area contributed by atoms with Gasteiger partial charge in [-0.3, -0.25) is 0 Å². The Morgan fingerprint density at radius 2 is 1.40 bits per heavy atom. The molecule has 6 nitrogen and oxygen atoms in total. The van der Waals surface area contributed by atoms with Gasteiger partial charge in [-0.25, -0.2) is 4.57 Å². The van der Waals surface area contributed by atoms with Gasteiger partial charge in [0.1, 0.15) is 0 Å². The molecule has 7 heteroatoms. The van der Waals surface area contributed by atoms with E-state index in [0.29, 0.717) is 6.42 Å². The standard InChI is InChI=1S/C3H8O2.H3O4P/c1-2-3(4)5;1-5(2,3)4/h3-5H,2H2,1H3;(H3,1,2,3,4). The number of phosphoric acid groups is 1. The summed E-state index contributed by atoms with van der Waals surface area (Å²) in [6.07, 6.45) is -0.699. The molecule has 0 saturated heterocycles. The quantitative estimate of drug-likeness (QED) is 0.251. The van der Waals surface area contributed by atoms with Crippen LogP contribution >= 0.6 is 7.82 Å². The highest BCUT2D eigenvalue weighted by atomic mass is 31.2. The van der Waals surface area contributed by atoms with E-state index in [1.165, 1.54) is 0 Å². The van der Waals surface area contributed by atoms with E-state index in [-0.39, 0.29) is 0 Å². The van der Waals surface area contributed by atoms with Crippen LogP contribution in [-0.4, -0.2) is 31.2 Å². The number of rotatable bonds is 1. The van der Waals surface area contributed by atoms with Gasteiger partial charge < -0.3 is 24.9 Å². The molecule has 0 aromatic heterocycles.